The average molecular weight is 365 g/mol. The number of rotatable bonds is 5. The third-order valence-corrected chi connectivity index (χ3v) is 4.86. The third-order valence-electron chi connectivity index (χ3n) is 4.25. The van der Waals surface area contributed by atoms with E-state index in [1.807, 2.05) is 31.2 Å². The number of hydrogen-bond donors (Lipinski definition) is 2. The second kappa shape index (κ2) is 8.11. The highest BCUT2D eigenvalue weighted by molar-refractivity contribution is 6.33. The zero-order valence-electron chi connectivity index (χ0n) is 13.8. The van der Waals surface area contributed by atoms with Gasteiger partial charge < -0.3 is 15.4 Å². The zero-order valence-corrected chi connectivity index (χ0v) is 15.3. The van der Waals surface area contributed by atoms with Gasteiger partial charge in [0.05, 0.1) is 22.3 Å². The molecule has 24 heavy (non-hydrogen) atoms. The summed E-state index contributed by atoms with van der Waals surface area (Å²) < 4.78 is 5.48. The monoisotopic (exact) mass is 364 g/mol. The van der Waals surface area contributed by atoms with Crippen LogP contribution in [-0.4, -0.2) is 19.7 Å². The fraction of sp³-hybridized carbons (Fsp3) is 0.368. The maximum atomic E-state index is 6.45. The minimum Gasteiger partial charge on any atom is -0.492 e. The van der Waals surface area contributed by atoms with Crippen molar-refractivity contribution in [1.29, 1.82) is 0 Å². The lowest BCUT2D eigenvalue weighted by molar-refractivity contribution is 0.340. The van der Waals surface area contributed by atoms with Gasteiger partial charge in [-0.1, -0.05) is 35.3 Å². The molecule has 0 unspecified atom stereocenters. The number of nitrogens with one attached hydrogen (secondary N) is 2. The first-order chi connectivity index (χ1) is 11.7. The molecule has 0 spiro atoms. The van der Waals surface area contributed by atoms with Crippen molar-refractivity contribution < 1.29 is 4.74 Å². The van der Waals surface area contributed by atoms with Crippen LogP contribution >= 0.6 is 23.2 Å². The lowest BCUT2D eigenvalue weighted by atomic mass is 10.0. The summed E-state index contributed by atoms with van der Waals surface area (Å²) in [6.07, 6.45) is 2.03. The van der Waals surface area contributed by atoms with E-state index >= 15 is 0 Å². The second-order valence-corrected chi connectivity index (χ2v) is 6.68. The van der Waals surface area contributed by atoms with Crippen LogP contribution in [0.2, 0.25) is 10.0 Å². The Labute approximate surface area is 153 Å². The Kier molecular flexibility index (Phi) is 5.88. The first-order valence-electron chi connectivity index (χ1n) is 8.35. The Bertz CT molecular complexity index is 719. The van der Waals surface area contributed by atoms with Gasteiger partial charge in [0.25, 0.3) is 0 Å². The van der Waals surface area contributed by atoms with Crippen molar-refractivity contribution in [2.75, 3.05) is 25.0 Å². The molecule has 2 N–H and O–H groups in total. The standard InChI is InChI=1S/C19H22Cl2N2O/c1-2-24-18-6-3-13(11-17(18)21)12-23-19-15-8-10-22-9-7-14(15)4-5-16(19)20/h3-6,11,22-23H,2,7-10,12H2,1H3. The Hall–Kier alpha value is -1.42. The number of anilines is 1. The van der Waals surface area contributed by atoms with Crippen LogP contribution in [0.5, 0.6) is 5.75 Å². The Morgan fingerprint density at radius 3 is 2.71 bits per heavy atom. The number of hydrogen-bond acceptors (Lipinski definition) is 3. The lowest BCUT2D eigenvalue weighted by Gasteiger charge is -2.16. The quantitative estimate of drug-likeness (QED) is 0.806. The van der Waals surface area contributed by atoms with Crippen LogP contribution in [0, 0.1) is 0 Å². The van der Waals surface area contributed by atoms with E-state index in [-0.39, 0.29) is 0 Å². The summed E-state index contributed by atoms with van der Waals surface area (Å²) >= 11 is 12.7. The summed E-state index contributed by atoms with van der Waals surface area (Å²) in [5.74, 6) is 0.723. The van der Waals surface area contributed by atoms with Gasteiger partial charge in [0, 0.05) is 6.54 Å². The molecule has 1 aliphatic rings. The maximum Gasteiger partial charge on any atom is 0.137 e. The molecule has 128 valence electrons. The summed E-state index contributed by atoms with van der Waals surface area (Å²) in [4.78, 5) is 0. The van der Waals surface area contributed by atoms with Gasteiger partial charge in [-0.05, 0) is 67.7 Å². The van der Waals surface area contributed by atoms with Crippen LogP contribution in [0.3, 0.4) is 0 Å². The Balaban J connectivity index is 1.78. The number of ether oxygens (including phenoxy) is 1. The molecule has 0 saturated heterocycles. The molecule has 5 heteroatoms. The first kappa shape index (κ1) is 17.4. The SMILES string of the molecule is CCOc1ccc(CNc2c(Cl)ccc3c2CCNCC3)cc1Cl. The average Bonchev–Trinajstić information content (AvgIpc) is 2.82. The van der Waals surface area contributed by atoms with Gasteiger partial charge in [0.2, 0.25) is 0 Å². The maximum absolute atomic E-state index is 6.45. The van der Waals surface area contributed by atoms with Crippen LogP contribution in [0.25, 0.3) is 0 Å². The number of fused-ring (bicyclic) bond motifs is 1. The molecule has 0 radical (unpaired) electrons. The van der Waals surface area contributed by atoms with Crippen LogP contribution in [0.4, 0.5) is 5.69 Å². The lowest BCUT2D eigenvalue weighted by Crippen LogP contribution is -2.16. The molecule has 3 nitrogen and oxygen atoms in total. The van der Waals surface area contributed by atoms with E-state index in [0.29, 0.717) is 18.2 Å². The van der Waals surface area contributed by atoms with Gasteiger partial charge in [-0.25, -0.2) is 0 Å². The fourth-order valence-corrected chi connectivity index (χ4v) is 3.55. The molecule has 1 aliphatic heterocycles. The number of halogens is 2. The molecule has 0 aromatic heterocycles. The van der Waals surface area contributed by atoms with E-state index in [2.05, 4.69) is 16.7 Å². The Morgan fingerprint density at radius 1 is 1.08 bits per heavy atom. The molecule has 0 bridgehead atoms. The highest BCUT2D eigenvalue weighted by Crippen LogP contribution is 2.32. The summed E-state index contributed by atoms with van der Waals surface area (Å²) in [6.45, 7) is 5.23. The normalized spacial score (nSPS) is 14.0. The summed E-state index contributed by atoms with van der Waals surface area (Å²) in [5.41, 5.74) is 4.84. The highest BCUT2D eigenvalue weighted by atomic mass is 35.5. The molecule has 0 atom stereocenters. The van der Waals surface area contributed by atoms with Crippen molar-refractivity contribution in [3.8, 4) is 5.75 Å². The minimum absolute atomic E-state index is 0.608. The molecular formula is C19H22Cl2N2O. The second-order valence-electron chi connectivity index (χ2n) is 5.86. The van der Waals surface area contributed by atoms with Crippen molar-refractivity contribution in [2.45, 2.75) is 26.3 Å². The van der Waals surface area contributed by atoms with E-state index in [0.717, 1.165) is 48.0 Å². The molecule has 0 aliphatic carbocycles. The highest BCUT2D eigenvalue weighted by Gasteiger charge is 2.14. The van der Waals surface area contributed by atoms with Gasteiger partial charge in [-0.2, -0.15) is 0 Å². The van der Waals surface area contributed by atoms with Crippen molar-refractivity contribution in [1.82, 2.24) is 5.32 Å². The molecule has 0 amide bonds. The van der Waals surface area contributed by atoms with E-state index in [1.54, 1.807) is 0 Å². The number of benzene rings is 2. The van der Waals surface area contributed by atoms with Crippen LogP contribution in [0.1, 0.15) is 23.6 Å². The summed E-state index contributed by atoms with van der Waals surface area (Å²) in [6, 6.07) is 10.0. The van der Waals surface area contributed by atoms with Crippen molar-refractivity contribution in [2.24, 2.45) is 0 Å². The molecule has 3 rings (SSSR count). The van der Waals surface area contributed by atoms with Crippen LogP contribution in [-0.2, 0) is 19.4 Å². The molecule has 0 saturated carbocycles. The third kappa shape index (κ3) is 3.97. The van der Waals surface area contributed by atoms with E-state index in [4.69, 9.17) is 27.9 Å². The Morgan fingerprint density at radius 2 is 1.92 bits per heavy atom. The van der Waals surface area contributed by atoms with Crippen LogP contribution < -0.4 is 15.4 Å². The first-order valence-corrected chi connectivity index (χ1v) is 9.10. The molecule has 2 aromatic rings. The minimum atomic E-state index is 0.608. The van der Waals surface area contributed by atoms with Crippen molar-refractivity contribution in [3.05, 3.63) is 57.1 Å². The molecular weight excluding hydrogens is 343 g/mol. The van der Waals surface area contributed by atoms with Crippen LogP contribution in [0.15, 0.2) is 30.3 Å². The fourth-order valence-electron chi connectivity index (χ4n) is 3.05. The van der Waals surface area contributed by atoms with Gasteiger partial charge in [-0.15, -0.1) is 0 Å². The zero-order chi connectivity index (χ0) is 16.9. The van der Waals surface area contributed by atoms with E-state index in [1.165, 1.54) is 11.1 Å². The molecule has 0 fully saturated rings. The summed E-state index contributed by atoms with van der Waals surface area (Å²) in [5, 5.41) is 8.35. The largest absolute Gasteiger partial charge is 0.492 e. The van der Waals surface area contributed by atoms with Crippen molar-refractivity contribution in [3.63, 3.8) is 0 Å². The van der Waals surface area contributed by atoms with Gasteiger partial charge >= 0.3 is 0 Å². The summed E-state index contributed by atoms with van der Waals surface area (Å²) in [7, 11) is 0. The predicted molar refractivity (Wildman–Crippen MR) is 102 cm³/mol. The van der Waals surface area contributed by atoms with E-state index in [9.17, 15) is 0 Å². The van der Waals surface area contributed by atoms with Gasteiger partial charge in [0.15, 0.2) is 0 Å². The topological polar surface area (TPSA) is 33.3 Å². The van der Waals surface area contributed by atoms with Gasteiger partial charge in [0.1, 0.15) is 5.75 Å². The predicted octanol–water partition coefficient (Wildman–Crippen LogP) is 4.69. The van der Waals surface area contributed by atoms with Gasteiger partial charge in [-0.3, -0.25) is 0 Å². The molecule has 1 heterocycles. The smallest absolute Gasteiger partial charge is 0.137 e. The van der Waals surface area contributed by atoms with Crippen molar-refractivity contribution >= 4 is 28.9 Å². The molecule has 2 aromatic carbocycles. The van der Waals surface area contributed by atoms with E-state index < -0.39 is 0 Å².